The molecule has 34 heavy (non-hydrogen) atoms. The number of benzene rings is 2. The number of hydrogen-bond acceptors (Lipinski definition) is 6. The van der Waals surface area contributed by atoms with Gasteiger partial charge < -0.3 is 34.9 Å². The van der Waals surface area contributed by atoms with Crippen molar-refractivity contribution in [3.8, 4) is 22.6 Å². The number of aryl methyl sites for hydroxylation is 1. The van der Waals surface area contributed by atoms with Crippen LogP contribution < -0.4 is 90.3 Å². The Kier molecular flexibility index (Phi) is 11.9. The molecule has 1 aromatic heterocycles. The molecule has 0 saturated carbocycles. The number of anilines is 1. The largest absolute Gasteiger partial charge is 1.00 e. The van der Waals surface area contributed by atoms with Crippen molar-refractivity contribution < 1.29 is 83.7 Å². The molecule has 2 N–H and O–H groups in total. The van der Waals surface area contributed by atoms with Gasteiger partial charge in [-0.1, -0.05) is 48.2 Å². The third-order valence-electron chi connectivity index (χ3n) is 4.86. The van der Waals surface area contributed by atoms with Crippen LogP contribution in [0.15, 0.2) is 65.6 Å². The van der Waals surface area contributed by atoms with Crippen LogP contribution in [0.1, 0.15) is 18.0 Å². The average molecular weight is 481 g/mol. The molecule has 0 unspecified atom stereocenters. The molecular weight excluding hydrogens is 460 g/mol. The molecule has 1 heterocycles. The maximum atomic E-state index is 12.5. The number of urea groups is 1. The second-order valence-electron chi connectivity index (χ2n) is 7.02. The molecule has 166 valence electrons. The first kappa shape index (κ1) is 29.8. The molecule has 3 rings (SSSR count). The minimum absolute atomic E-state index is 0. The molecule has 0 aliphatic carbocycles. The number of pyridine rings is 1. The fraction of sp³-hybridized carbons (Fsp3) is 0.174. The van der Waals surface area contributed by atoms with Gasteiger partial charge in [0, 0.05) is 31.2 Å². The van der Waals surface area contributed by atoms with E-state index in [9.17, 15) is 24.6 Å². The third-order valence-corrected chi connectivity index (χ3v) is 4.86. The molecule has 0 spiro atoms. The van der Waals surface area contributed by atoms with Gasteiger partial charge >= 0.3 is 65.1 Å². The number of carbonyl (C=O) groups excluding carboxylic acids is 2. The monoisotopic (exact) mass is 481 g/mol. The molecule has 0 aliphatic heterocycles. The van der Waals surface area contributed by atoms with Gasteiger partial charge in [0.1, 0.15) is 11.4 Å². The van der Waals surface area contributed by atoms with Crippen LogP contribution in [0, 0.1) is 0 Å². The number of carboxylic acids is 1. The number of hydrogen-bond donors (Lipinski definition) is 2. The van der Waals surface area contributed by atoms with Gasteiger partial charge in [-0.15, -0.1) is 0 Å². The number of nitrogens with one attached hydrogen (secondary N) is 2. The number of aromatic nitrogens is 1. The van der Waals surface area contributed by atoms with Crippen LogP contribution in [0.4, 0.5) is 10.5 Å². The first-order valence-corrected chi connectivity index (χ1v) is 9.67. The van der Waals surface area contributed by atoms with E-state index < -0.39 is 41.5 Å². The molecule has 2 amide bonds. The Bertz CT molecular complexity index is 1200. The quantitative estimate of drug-likeness (QED) is 0.325. The summed E-state index contributed by atoms with van der Waals surface area (Å²) >= 11 is 0. The third kappa shape index (κ3) is 7.36. The van der Waals surface area contributed by atoms with E-state index >= 15 is 0 Å². The van der Waals surface area contributed by atoms with Crippen LogP contribution in [0.5, 0.6) is 11.5 Å². The maximum absolute atomic E-state index is 12.5. The predicted molar refractivity (Wildman–Crippen MR) is 114 cm³/mol. The number of nitrogens with zero attached hydrogens (tertiary/aromatic N) is 1. The fourth-order valence-electron chi connectivity index (χ4n) is 3.24. The maximum Gasteiger partial charge on any atom is 1.00 e. The van der Waals surface area contributed by atoms with Gasteiger partial charge in [0.2, 0.25) is 0 Å². The zero-order valence-electron chi connectivity index (χ0n) is 19.5. The molecule has 3 aromatic rings. The van der Waals surface area contributed by atoms with E-state index in [1.807, 2.05) is 30.3 Å². The summed E-state index contributed by atoms with van der Waals surface area (Å²) in [6.45, 7) is 0. The van der Waals surface area contributed by atoms with E-state index in [4.69, 9.17) is 4.74 Å². The molecule has 9 nitrogen and oxygen atoms in total. The Labute approximate surface area is 240 Å². The number of amides is 2. The summed E-state index contributed by atoms with van der Waals surface area (Å²) in [4.78, 5) is 36.0. The van der Waals surface area contributed by atoms with Gasteiger partial charge in [-0.2, -0.15) is 0 Å². The van der Waals surface area contributed by atoms with Crippen molar-refractivity contribution >= 4 is 17.7 Å². The van der Waals surface area contributed by atoms with Crippen LogP contribution >= 0.6 is 0 Å². The molecule has 0 bridgehead atoms. The second-order valence-corrected chi connectivity index (χ2v) is 7.02. The number of ether oxygens (including phenoxy) is 1. The van der Waals surface area contributed by atoms with E-state index in [0.29, 0.717) is 16.9 Å². The SMILES string of the molecule is COc1ccc([C@H](CC(=O)[O-])NC(=O)Nc2c([O-])ccn(C)c2=O)cc1-c1ccccc1.[Na+].[Na+]. The number of aliphatic carboxylic acids is 1. The zero-order chi connectivity index (χ0) is 23.3. The van der Waals surface area contributed by atoms with Crippen LogP contribution in [0.2, 0.25) is 0 Å². The van der Waals surface area contributed by atoms with Crippen molar-refractivity contribution in [1.29, 1.82) is 0 Å². The van der Waals surface area contributed by atoms with Crippen LogP contribution in [-0.4, -0.2) is 23.7 Å². The van der Waals surface area contributed by atoms with Crippen molar-refractivity contribution in [3.63, 3.8) is 0 Å². The Morgan fingerprint density at radius 3 is 2.38 bits per heavy atom. The van der Waals surface area contributed by atoms with Crippen LogP contribution in [0.3, 0.4) is 0 Å². The van der Waals surface area contributed by atoms with Gasteiger partial charge in [-0.3, -0.25) is 4.79 Å². The Morgan fingerprint density at radius 1 is 1.09 bits per heavy atom. The zero-order valence-corrected chi connectivity index (χ0v) is 23.5. The number of carbonyl (C=O) groups is 2. The summed E-state index contributed by atoms with van der Waals surface area (Å²) < 4.78 is 6.56. The standard InChI is InChI=1S/C23H23N3O6.2Na/c1-26-11-10-18(27)21(22(26)30)25-23(31)24-17(13-20(28)29)15-8-9-19(32-2)16(12-15)14-6-4-3-5-7-14;;/h3-12,17,27H,13H2,1-2H3,(H,28,29)(H2,24,25,31);;/q;2*+1/p-2/t17-;;/m0../s1. The van der Waals surface area contributed by atoms with Gasteiger partial charge in [0.05, 0.1) is 13.2 Å². The molecular formula is C23H21N3Na2O6. The summed E-state index contributed by atoms with van der Waals surface area (Å²) in [6.07, 6.45) is 0.764. The smallest absolute Gasteiger partial charge is 0.871 e. The molecule has 1 atom stereocenters. The minimum atomic E-state index is -1.38. The summed E-state index contributed by atoms with van der Waals surface area (Å²) in [5, 5.41) is 28.0. The molecule has 0 saturated heterocycles. The van der Waals surface area contributed by atoms with Crippen molar-refractivity contribution in [1.82, 2.24) is 9.88 Å². The Hall–Kier alpha value is -2.27. The van der Waals surface area contributed by atoms with Gasteiger partial charge in [0.25, 0.3) is 5.56 Å². The summed E-state index contributed by atoms with van der Waals surface area (Å²) in [5.74, 6) is -1.47. The number of rotatable bonds is 7. The van der Waals surface area contributed by atoms with E-state index in [1.165, 1.54) is 20.4 Å². The average Bonchev–Trinajstić information content (AvgIpc) is 2.78. The molecule has 11 heteroatoms. The summed E-state index contributed by atoms with van der Waals surface area (Å²) in [6, 6.07) is 13.6. The van der Waals surface area contributed by atoms with Gasteiger partial charge in [0.15, 0.2) is 0 Å². The Morgan fingerprint density at radius 2 is 1.76 bits per heavy atom. The fourth-order valence-corrected chi connectivity index (χ4v) is 3.24. The first-order chi connectivity index (χ1) is 15.3. The van der Waals surface area contributed by atoms with E-state index in [0.717, 1.165) is 16.2 Å². The molecule has 0 radical (unpaired) electrons. The molecule has 0 aliphatic rings. The predicted octanol–water partition coefficient (Wildman–Crippen LogP) is -4.85. The van der Waals surface area contributed by atoms with Crippen molar-refractivity contribution in [2.45, 2.75) is 12.5 Å². The second kappa shape index (κ2) is 13.6. The van der Waals surface area contributed by atoms with Gasteiger partial charge in [-0.25, -0.2) is 4.79 Å². The molecule has 2 aromatic carbocycles. The van der Waals surface area contributed by atoms with Crippen molar-refractivity contribution in [3.05, 3.63) is 76.7 Å². The number of methoxy groups -OCH3 is 1. The molecule has 0 fully saturated rings. The topological polar surface area (TPSA) is 136 Å². The van der Waals surface area contributed by atoms with E-state index in [1.54, 1.807) is 18.2 Å². The number of carboxylic acid groups (broad SMARTS) is 1. The minimum Gasteiger partial charge on any atom is -0.871 e. The normalized spacial score (nSPS) is 10.8. The van der Waals surface area contributed by atoms with Crippen LogP contribution in [-0.2, 0) is 11.8 Å². The summed E-state index contributed by atoms with van der Waals surface area (Å²) in [7, 11) is 2.96. The Balaban J connectivity index is 0.00000289. The summed E-state index contributed by atoms with van der Waals surface area (Å²) in [5.41, 5.74) is 0.910. The van der Waals surface area contributed by atoms with E-state index in [-0.39, 0.29) is 59.1 Å². The van der Waals surface area contributed by atoms with Gasteiger partial charge in [-0.05, 0) is 23.3 Å². The first-order valence-electron chi connectivity index (χ1n) is 9.67. The van der Waals surface area contributed by atoms with Crippen molar-refractivity contribution in [2.24, 2.45) is 7.05 Å². The van der Waals surface area contributed by atoms with Crippen LogP contribution in [0.25, 0.3) is 11.1 Å². The van der Waals surface area contributed by atoms with Crippen molar-refractivity contribution in [2.75, 3.05) is 12.4 Å². The van der Waals surface area contributed by atoms with E-state index in [2.05, 4.69) is 10.6 Å².